The van der Waals surface area contributed by atoms with Crippen LogP contribution in [-0.4, -0.2) is 7.05 Å². The van der Waals surface area contributed by atoms with Crippen LogP contribution in [0.1, 0.15) is 11.1 Å². The third kappa shape index (κ3) is 2.03. The summed E-state index contributed by atoms with van der Waals surface area (Å²) in [6.45, 7) is 1.52. The van der Waals surface area contributed by atoms with Crippen LogP contribution in [-0.2, 0) is 13.1 Å². The summed E-state index contributed by atoms with van der Waals surface area (Å²) in [6, 6.07) is 8.21. The van der Waals surface area contributed by atoms with Gasteiger partial charge in [0.25, 0.3) is 0 Å². The van der Waals surface area contributed by atoms with Gasteiger partial charge in [0, 0.05) is 13.1 Å². The number of hydrogen-bond donors (Lipinski definition) is 2. The maximum absolute atomic E-state index is 5.55. The molecule has 0 saturated heterocycles. The fourth-order valence-electron chi connectivity index (χ4n) is 1.12. The third-order valence-electron chi connectivity index (χ3n) is 1.71. The first-order valence-corrected chi connectivity index (χ1v) is 3.80. The van der Waals surface area contributed by atoms with Gasteiger partial charge in [0.15, 0.2) is 0 Å². The Morgan fingerprint density at radius 2 is 1.91 bits per heavy atom. The van der Waals surface area contributed by atoms with E-state index in [2.05, 4.69) is 17.4 Å². The van der Waals surface area contributed by atoms with Crippen molar-refractivity contribution < 1.29 is 0 Å². The maximum atomic E-state index is 5.55. The van der Waals surface area contributed by atoms with Gasteiger partial charge in [-0.2, -0.15) is 0 Å². The van der Waals surface area contributed by atoms with E-state index in [4.69, 9.17) is 5.73 Å². The molecule has 0 radical (unpaired) electrons. The molecule has 0 amide bonds. The molecule has 1 aromatic carbocycles. The summed E-state index contributed by atoms with van der Waals surface area (Å²) >= 11 is 0. The SMILES string of the molecule is CNCc1ccccc1CN. The van der Waals surface area contributed by atoms with Crippen molar-refractivity contribution in [2.45, 2.75) is 13.1 Å². The van der Waals surface area contributed by atoms with Crippen molar-refractivity contribution in [1.82, 2.24) is 5.32 Å². The van der Waals surface area contributed by atoms with E-state index in [1.54, 1.807) is 0 Å². The lowest BCUT2D eigenvalue weighted by Gasteiger charge is -2.05. The molecule has 0 aliphatic carbocycles. The van der Waals surface area contributed by atoms with Crippen molar-refractivity contribution >= 4 is 0 Å². The van der Waals surface area contributed by atoms with Crippen LogP contribution in [0.5, 0.6) is 0 Å². The van der Waals surface area contributed by atoms with E-state index in [1.807, 2.05) is 19.2 Å². The summed E-state index contributed by atoms with van der Waals surface area (Å²) in [5.74, 6) is 0. The maximum Gasteiger partial charge on any atom is 0.0205 e. The standard InChI is InChI=1S/C9H14N2/c1-11-7-9-5-3-2-4-8(9)6-10/h2-5,11H,6-7,10H2,1H3. The van der Waals surface area contributed by atoms with Crippen LogP contribution in [0.4, 0.5) is 0 Å². The smallest absolute Gasteiger partial charge is 0.0205 e. The van der Waals surface area contributed by atoms with E-state index in [0.29, 0.717) is 6.54 Å². The first kappa shape index (κ1) is 8.24. The van der Waals surface area contributed by atoms with Crippen molar-refractivity contribution in [2.75, 3.05) is 7.05 Å². The second-order valence-electron chi connectivity index (χ2n) is 2.50. The second-order valence-corrected chi connectivity index (χ2v) is 2.50. The molecule has 0 unspecified atom stereocenters. The van der Waals surface area contributed by atoms with Gasteiger partial charge in [0.1, 0.15) is 0 Å². The molecule has 1 aromatic rings. The number of nitrogens with two attached hydrogens (primary N) is 1. The molecule has 2 heteroatoms. The molecule has 0 spiro atoms. The topological polar surface area (TPSA) is 38.0 Å². The average Bonchev–Trinajstić information content (AvgIpc) is 2.06. The van der Waals surface area contributed by atoms with Gasteiger partial charge in [0.05, 0.1) is 0 Å². The van der Waals surface area contributed by atoms with Gasteiger partial charge >= 0.3 is 0 Å². The molecule has 0 fully saturated rings. The van der Waals surface area contributed by atoms with Crippen LogP contribution in [0, 0.1) is 0 Å². The zero-order valence-electron chi connectivity index (χ0n) is 6.80. The molecule has 0 aliphatic rings. The minimum absolute atomic E-state index is 0.623. The number of rotatable bonds is 3. The zero-order valence-corrected chi connectivity index (χ0v) is 6.80. The third-order valence-corrected chi connectivity index (χ3v) is 1.71. The summed E-state index contributed by atoms with van der Waals surface area (Å²) in [6.07, 6.45) is 0. The van der Waals surface area contributed by atoms with Crippen molar-refractivity contribution in [3.05, 3.63) is 35.4 Å². The van der Waals surface area contributed by atoms with E-state index in [1.165, 1.54) is 11.1 Å². The van der Waals surface area contributed by atoms with Gasteiger partial charge in [-0.05, 0) is 18.2 Å². The molecule has 1 rings (SSSR count). The van der Waals surface area contributed by atoms with E-state index in [0.717, 1.165) is 6.54 Å². The molecule has 0 aromatic heterocycles. The lowest BCUT2D eigenvalue weighted by Crippen LogP contribution is -2.09. The molecular formula is C9H14N2. The Bertz CT molecular complexity index is 221. The van der Waals surface area contributed by atoms with E-state index in [-0.39, 0.29) is 0 Å². The normalized spacial score (nSPS) is 10.0. The molecule has 0 saturated carbocycles. The molecule has 2 nitrogen and oxygen atoms in total. The number of nitrogens with one attached hydrogen (secondary N) is 1. The lowest BCUT2D eigenvalue weighted by atomic mass is 10.1. The van der Waals surface area contributed by atoms with E-state index < -0.39 is 0 Å². The van der Waals surface area contributed by atoms with Gasteiger partial charge in [-0.1, -0.05) is 24.3 Å². The number of hydrogen-bond acceptors (Lipinski definition) is 2. The minimum Gasteiger partial charge on any atom is -0.326 e. The monoisotopic (exact) mass is 150 g/mol. The van der Waals surface area contributed by atoms with Crippen LogP contribution < -0.4 is 11.1 Å². The van der Waals surface area contributed by atoms with Crippen molar-refractivity contribution in [2.24, 2.45) is 5.73 Å². The predicted molar refractivity (Wildman–Crippen MR) is 47.1 cm³/mol. The van der Waals surface area contributed by atoms with Gasteiger partial charge < -0.3 is 11.1 Å². The van der Waals surface area contributed by atoms with Crippen molar-refractivity contribution in [3.8, 4) is 0 Å². The van der Waals surface area contributed by atoms with Crippen LogP contribution in [0.3, 0.4) is 0 Å². The Kier molecular flexibility index (Phi) is 3.08. The van der Waals surface area contributed by atoms with E-state index >= 15 is 0 Å². The highest BCUT2D eigenvalue weighted by atomic mass is 14.8. The quantitative estimate of drug-likeness (QED) is 0.670. The minimum atomic E-state index is 0.623. The van der Waals surface area contributed by atoms with Gasteiger partial charge in [0.2, 0.25) is 0 Å². The first-order chi connectivity index (χ1) is 5.38. The summed E-state index contributed by atoms with van der Waals surface area (Å²) in [5.41, 5.74) is 8.07. The highest BCUT2D eigenvalue weighted by Crippen LogP contribution is 2.06. The summed E-state index contributed by atoms with van der Waals surface area (Å²) in [7, 11) is 1.94. The zero-order chi connectivity index (χ0) is 8.10. The largest absolute Gasteiger partial charge is 0.326 e. The van der Waals surface area contributed by atoms with Crippen LogP contribution >= 0.6 is 0 Å². The fraction of sp³-hybridized carbons (Fsp3) is 0.333. The molecule has 3 N–H and O–H groups in total. The Hall–Kier alpha value is -0.860. The van der Waals surface area contributed by atoms with Gasteiger partial charge in [-0.25, -0.2) is 0 Å². The van der Waals surface area contributed by atoms with E-state index in [9.17, 15) is 0 Å². The summed E-state index contributed by atoms with van der Waals surface area (Å²) in [4.78, 5) is 0. The molecule has 0 bridgehead atoms. The lowest BCUT2D eigenvalue weighted by molar-refractivity contribution is 0.803. The van der Waals surface area contributed by atoms with Crippen LogP contribution in [0.25, 0.3) is 0 Å². The molecule has 0 aliphatic heterocycles. The Balaban J connectivity index is 2.83. The van der Waals surface area contributed by atoms with Gasteiger partial charge in [-0.15, -0.1) is 0 Å². The fourth-order valence-corrected chi connectivity index (χ4v) is 1.12. The van der Waals surface area contributed by atoms with Crippen molar-refractivity contribution in [1.29, 1.82) is 0 Å². The van der Waals surface area contributed by atoms with Crippen molar-refractivity contribution in [3.63, 3.8) is 0 Å². The Morgan fingerprint density at radius 3 is 2.45 bits per heavy atom. The molecule has 60 valence electrons. The molecule has 0 atom stereocenters. The number of benzene rings is 1. The Labute approximate surface area is 67.4 Å². The molecule has 11 heavy (non-hydrogen) atoms. The highest BCUT2D eigenvalue weighted by Gasteiger charge is 1.96. The highest BCUT2D eigenvalue weighted by molar-refractivity contribution is 5.26. The average molecular weight is 150 g/mol. The van der Waals surface area contributed by atoms with Crippen LogP contribution in [0.2, 0.25) is 0 Å². The second kappa shape index (κ2) is 4.11. The summed E-state index contributed by atoms with van der Waals surface area (Å²) < 4.78 is 0. The van der Waals surface area contributed by atoms with Gasteiger partial charge in [-0.3, -0.25) is 0 Å². The summed E-state index contributed by atoms with van der Waals surface area (Å²) in [5, 5.41) is 3.10. The molecule has 0 heterocycles. The predicted octanol–water partition coefficient (Wildman–Crippen LogP) is 0.865. The van der Waals surface area contributed by atoms with Crippen LogP contribution in [0.15, 0.2) is 24.3 Å². The molecular weight excluding hydrogens is 136 g/mol. The first-order valence-electron chi connectivity index (χ1n) is 3.80. The Morgan fingerprint density at radius 1 is 1.27 bits per heavy atom.